The van der Waals surface area contributed by atoms with Crippen molar-refractivity contribution in [3.8, 4) is 11.3 Å². The van der Waals surface area contributed by atoms with E-state index >= 15 is 8.78 Å². The fraction of sp³-hybridized carbons (Fsp3) is 0.433. The van der Waals surface area contributed by atoms with Crippen LogP contribution in [0.3, 0.4) is 0 Å². The molecule has 0 saturated heterocycles. The molecule has 2 saturated carbocycles. The first-order valence-electron chi connectivity index (χ1n) is 13.6. The molecule has 7 nitrogen and oxygen atoms in total. The third-order valence-electron chi connectivity index (χ3n) is 8.55. The Labute approximate surface area is 237 Å². The van der Waals surface area contributed by atoms with Gasteiger partial charge in [-0.25, -0.2) is 26.6 Å². The van der Waals surface area contributed by atoms with Crippen molar-refractivity contribution in [1.29, 1.82) is 0 Å². The van der Waals surface area contributed by atoms with Gasteiger partial charge in [-0.15, -0.1) is 0 Å². The number of halogens is 3. The number of nitrogens with zero attached hydrogens (tertiary/aromatic N) is 2. The second kappa shape index (κ2) is 10.9. The van der Waals surface area contributed by atoms with Gasteiger partial charge in [0.2, 0.25) is 0 Å². The van der Waals surface area contributed by atoms with Gasteiger partial charge in [-0.05, 0) is 91.0 Å². The number of Topliss-reactive ketones (excluding diaryl/α,β-unsaturated/α-hetero) is 1. The maximum absolute atomic E-state index is 15.1. The minimum atomic E-state index is -3.34. The molecule has 0 bridgehead atoms. The fourth-order valence-electron chi connectivity index (χ4n) is 6.45. The van der Waals surface area contributed by atoms with Gasteiger partial charge >= 0.3 is 0 Å². The number of rotatable bonds is 7. The molecule has 2 aliphatic rings. The summed E-state index contributed by atoms with van der Waals surface area (Å²) in [5, 5.41) is 9.84. The Morgan fingerprint density at radius 1 is 1.10 bits per heavy atom. The SMILES string of the molecule is C[C@H]1C[C@@H](c2ccncc2CC(=O)c2ccc(F)c(-c3c(F)cc(C4(O)CCC4)cc3F)n2)C[C@@H](N)[C@H]1S(C)(=O)=O. The van der Waals surface area contributed by atoms with Crippen molar-refractivity contribution >= 4 is 15.6 Å². The topological polar surface area (TPSA) is 123 Å². The van der Waals surface area contributed by atoms with E-state index in [9.17, 15) is 22.7 Å². The molecule has 2 aromatic heterocycles. The van der Waals surface area contributed by atoms with Crippen molar-refractivity contribution in [3.05, 3.63) is 82.6 Å². The van der Waals surface area contributed by atoms with E-state index in [4.69, 9.17) is 5.73 Å². The summed E-state index contributed by atoms with van der Waals surface area (Å²) in [4.78, 5) is 21.5. The van der Waals surface area contributed by atoms with Gasteiger partial charge in [-0.1, -0.05) is 6.92 Å². The zero-order valence-electron chi connectivity index (χ0n) is 22.8. The smallest absolute Gasteiger partial charge is 0.185 e. The Hall–Kier alpha value is -3.15. The second-order valence-electron chi connectivity index (χ2n) is 11.5. The van der Waals surface area contributed by atoms with E-state index in [-0.39, 0.29) is 29.5 Å². The Kier molecular flexibility index (Phi) is 7.82. The molecule has 0 radical (unpaired) electrons. The largest absolute Gasteiger partial charge is 0.385 e. The molecular weight excluding hydrogens is 555 g/mol. The normalized spacial score (nSPS) is 24.1. The van der Waals surface area contributed by atoms with Crippen LogP contribution in [-0.2, 0) is 21.9 Å². The van der Waals surface area contributed by atoms with Crippen molar-refractivity contribution in [2.75, 3.05) is 6.26 Å². The molecule has 4 atom stereocenters. The second-order valence-corrected chi connectivity index (χ2v) is 13.7. The van der Waals surface area contributed by atoms with Crippen molar-refractivity contribution in [2.24, 2.45) is 11.7 Å². The number of ketones is 1. The fourth-order valence-corrected chi connectivity index (χ4v) is 8.15. The van der Waals surface area contributed by atoms with Crippen LogP contribution in [0.25, 0.3) is 11.3 Å². The number of sulfone groups is 1. The van der Waals surface area contributed by atoms with Gasteiger partial charge < -0.3 is 10.8 Å². The zero-order valence-corrected chi connectivity index (χ0v) is 23.6. The van der Waals surface area contributed by atoms with Crippen LogP contribution in [0.4, 0.5) is 13.2 Å². The van der Waals surface area contributed by atoms with Gasteiger partial charge in [0.25, 0.3) is 0 Å². The quantitative estimate of drug-likeness (QED) is 0.387. The number of benzene rings is 1. The summed E-state index contributed by atoms with van der Waals surface area (Å²) in [6, 6.07) is 5.28. The third-order valence-corrected chi connectivity index (χ3v) is 10.4. The van der Waals surface area contributed by atoms with Crippen LogP contribution in [-0.4, -0.2) is 46.8 Å². The third kappa shape index (κ3) is 5.67. The van der Waals surface area contributed by atoms with E-state index in [0.29, 0.717) is 31.2 Å². The van der Waals surface area contributed by atoms with Crippen molar-refractivity contribution in [3.63, 3.8) is 0 Å². The molecule has 0 aliphatic heterocycles. The van der Waals surface area contributed by atoms with E-state index in [1.165, 1.54) is 6.26 Å². The molecular formula is C30H32F3N3O4S. The summed E-state index contributed by atoms with van der Waals surface area (Å²) in [5.74, 6) is -3.97. The minimum Gasteiger partial charge on any atom is -0.385 e. The van der Waals surface area contributed by atoms with Gasteiger partial charge in [-0.2, -0.15) is 0 Å². The highest BCUT2D eigenvalue weighted by molar-refractivity contribution is 7.91. The lowest BCUT2D eigenvalue weighted by Crippen LogP contribution is -2.48. The summed E-state index contributed by atoms with van der Waals surface area (Å²) in [6.07, 6.45) is 6.62. The summed E-state index contributed by atoms with van der Waals surface area (Å²) in [5.41, 5.74) is 4.94. The van der Waals surface area contributed by atoms with Crippen LogP contribution < -0.4 is 5.73 Å². The number of carbonyl (C=O) groups excluding carboxylic acids is 1. The Morgan fingerprint density at radius 3 is 2.37 bits per heavy atom. The Balaban J connectivity index is 1.41. The molecule has 11 heteroatoms. The lowest BCUT2D eigenvalue weighted by molar-refractivity contribution is -0.0392. The van der Waals surface area contributed by atoms with Crippen LogP contribution in [0.15, 0.2) is 42.7 Å². The molecule has 2 aliphatic carbocycles. The van der Waals surface area contributed by atoms with Crippen LogP contribution in [0.2, 0.25) is 0 Å². The maximum atomic E-state index is 15.1. The van der Waals surface area contributed by atoms with Gasteiger partial charge in [0, 0.05) is 31.1 Å². The number of carbonyl (C=O) groups is 1. The monoisotopic (exact) mass is 587 g/mol. The summed E-state index contributed by atoms with van der Waals surface area (Å²) in [6.45, 7) is 1.85. The van der Waals surface area contributed by atoms with Gasteiger partial charge in [0.15, 0.2) is 15.6 Å². The van der Waals surface area contributed by atoms with E-state index in [1.54, 1.807) is 18.5 Å². The standard InChI is InChI=1S/C30H32F3N3O4S/c1-16-10-17(11-24(34)29(16)41(2,39)40)20-6-9-35-15-18(20)12-26(37)25-5-4-21(31)28(36-25)27-22(32)13-19(14-23(27)33)30(38)7-3-8-30/h4-6,9,13-17,24,29,38H,3,7-8,10-12,34H2,1-2H3/t16-,17+,24+,29-/m0/s1. The molecule has 3 aromatic rings. The van der Waals surface area contributed by atoms with Crippen LogP contribution in [0.1, 0.15) is 72.1 Å². The Bertz CT molecular complexity index is 1580. The molecule has 2 heterocycles. The number of hydrogen-bond donors (Lipinski definition) is 2. The predicted octanol–water partition coefficient (Wildman–Crippen LogP) is 4.61. The molecule has 0 spiro atoms. The van der Waals surface area contributed by atoms with Crippen molar-refractivity contribution in [2.45, 2.75) is 68.3 Å². The molecule has 1 aromatic carbocycles. The first-order valence-corrected chi connectivity index (χ1v) is 15.5. The number of aliphatic hydroxyl groups is 1. The first kappa shape index (κ1) is 29.3. The maximum Gasteiger partial charge on any atom is 0.185 e. The number of hydrogen-bond acceptors (Lipinski definition) is 7. The predicted molar refractivity (Wildman–Crippen MR) is 147 cm³/mol. The zero-order chi connectivity index (χ0) is 29.7. The van der Waals surface area contributed by atoms with Crippen molar-refractivity contribution in [1.82, 2.24) is 9.97 Å². The van der Waals surface area contributed by atoms with Gasteiger partial charge in [0.05, 0.1) is 16.4 Å². The lowest BCUT2D eigenvalue weighted by Gasteiger charge is -2.38. The highest BCUT2D eigenvalue weighted by Crippen LogP contribution is 2.43. The van der Waals surface area contributed by atoms with E-state index < -0.39 is 61.2 Å². The molecule has 0 amide bonds. The average molecular weight is 588 g/mol. The lowest BCUT2D eigenvalue weighted by atomic mass is 9.75. The van der Waals surface area contributed by atoms with Crippen molar-refractivity contribution < 1.29 is 31.5 Å². The molecule has 0 unspecified atom stereocenters. The Morgan fingerprint density at radius 2 is 1.78 bits per heavy atom. The molecule has 41 heavy (non-hydrogen) atoms. The van der Waals surface area contributed by atoms with E-state index in [0.717, 1.165) is 36.2 Å². The summed E-state index contributed by atoms with van der Waals surface area (Å²) >= 11 is 0. The van der Waals surface area contributed by atoms with Crippen LogP contribution in [0, 0.1) is 23.4 Å². The molecule has 218 valence electrons. The summed E-state index contributed by atoms with van der Waals surface area (Å²) in [7, 11) is -3.34. The van der Waals surface area contributed by atoms with Gasteiger partial charge in [0.1, 0.15) is 28.8 Å². The highest BCUT2D eigenvalue weighted by atomic mass is 32.2. The van der Waals surface area contributed by atoms with Crippen LogP contribution in [0.5, 0.6) is 0 Å². The van der Waals surface area contributed by atoms with E-state index in [2.05, 4.69) is 9.97 Å². The highest BCUT2D eigenvalue weighted by Gasteiger charge is 2.41. The summed E-state index contributed by atoms with van der Waals surface area (Å²) < 4.78 is 69.5. The van der Waals surface area contributed by atoms with Crippen LogP contribution >= 0.6 is 0 Å². The average Bonchev–Trinajstić information content (AvgIpc) is 2.86. The molecule has 3 N–H and O–H groups in total. The molecule has 2 fully saturated rings. The number of pyridine rings is 2. The number of aromatic nitrogens is 2. The minimum absolute atomic E-state index is 0.0823. The first-order chi connectivity index (χ1) is 19.3. The molecule has 5 rings (SSSR count). The van der Waals surface area contributed by atoms with Gasteiger partial charge in [-0.3, -0.25) is 9.78 Å². The van der Waals surface area contributed by atoms with E-state index in [1.807, 2.05) is 6.92 Å². The number of nitrogens with two attached hydrogens (primary N) is 1.